The zero-order chi connectivity index (χ0) is 20.2. The molecular weight excluding hydrogens is 380 g/mol. The maximum Gasteiger partial charge on any atom is 0.341 e. The number of ether oxygens (including phenoxy) is 1. The Balaban J connectivity index is 1.86. The van der Waals surface area contributed by atoms with Gasteiger partial charge in [0.2, 0.25) is 0 Å². The molecule has 28 heavy (non-hydrogen) atoms. The van der Waals surface area contributed by atoms with E-state index in [1.165, 1.54) is 25.1 Å². The highest BCUT2D eigenvalue weighted by atomic mass is 35.5. The Hall–Kier alpha value is -2.34. The molecule has 4 rings (SSSR count). The number of carboxylic acid groups (broad SMARTS) is 1. The van der Waals surface area contributed by atoms with Gasteiger partial charge in [0.1, 0.15) is 5.56 Å². The number of aromatic nitrogens is 2. The van der Waals surface area contributed by atoms with Gasteiger partial charge in [-0.3, -0.25) is 4.79 Å². The van der Waals surface area contributed by atoms with Gasteiger partial charge >= 0.3 is 5.97 Å². The second-order valence-corrected chi connectivity index (χ2v) is 9.13. The van der Waals surface area contributed by atoms with E-state index in [0.29, 0.717) is 36.1 Å². The van der Waals surface area contributed by atoms with Crippen LogP contribution in [-0.4, -0.2) is 27.2 Å². The van der Waals surface area contributed by atoms with Crippen LogP contribution in [0.1, 0.15) is 55.6 Å². The fraction of sp³-hybridized carbons (Fsp3) is 0.476. The number of halogens is 1. The van der Waals surface area contributed by atoms with Gasteiger partial charge in [0, 0.05) is 18.3 Å². The molecule has 2 aromatic heterocycles. The first kappa shape index (κ1) is 19.0. The summed E-state index contributed by atoms with van der Waals surface area (Å²) in [4.78, 5) is 28.3. The van der Waals surface area contributed by atoms with Gasteiger partial charge in [0.05, 0.1) is 18.0 Å². The van der Waals surface area contributed by atoms with E-state index in [1.54, 1.807) is 0 Å². The highest BCUT2D eigenvalue weighted by Gasteiger charge is 2.35. The van der Waals surface area contributed by atoms with Crippen LogP contribution in [0.15, 0.2) is 23.1 Å². The molecule has 0 saturated heterocycles. The molecule has 1 aliphatic heterocycles. The number of nitrogens with zero attached hydrogens (tertiary/aromatic N) is 2. The summed E-state index contributed by atoms with van der Waals surface area (Å²) < 4.78 is 7.73. The van der Waals surface area contributed by atoms with Crippen molar-refractivity contribution in [2.75, 3.05) is 6.61 Å². The average Bonchev–Trinajstić information content (AvgIpc) is 3.42. The predicted octanol–water partition coefficient (Wildman–Crippen LogP) is 4.19. The molecule has 7 heteroatoms. The molecule has 1 N–H and O–H groups in total. The molecule has 2 aliphatic rings. The fourth-order valence-electron chi connectivity index (χ4n) is 3.67. The molecule has 3 heterocycles. The summed E-state index contributed by atoms with van der Waals surface area (Å²) in [5.74, 6) is -0.0605. The van der Waals surface area contributed by atoms with E-state index in [4.69, 9.17) is 16.3 Å². The van der Waals surface area contributed by atoms with Crippen LogP contribution in [0.5, 0.6) is 5.75 Å². The second kappa shape index (κ2) is 6.62. The lowest BCUT2D eigenvalue weighted by molar-refractivity contribution is 0.0693. The van der Waals surface area contributed by atoms with E-state index < -0.39 is 11.4 Å². The van der Waals surface area contributed by atoms with Crippen LogP contribution >= 0.6 is 11.6 Å². The molecular formula is C21H23ClN2O4. The quantitative estimate of drug-likeness (QED) is 0.775. The molecule has 0 spiro atoms. The lowest BCUT2D eigenvalue weighted by atomic mass is 9.80. The van der Waals surface area contributed by atoms with Crippen LogP contribution in [0.25, 0.3) is 11.4 Å². The third-order valence-corrected chi connectivity index (χ3v) is 5.77. The maximum atomic E-state index is 12.4. The molecule has 2 aromatic rings. The Morgan fingerprint density at radius 3 is 2.68 bits per heavy atom. The third kappa shape index (κ3) is 3.41. The molecule has 0 radical (unpaired) electrons. The Labute approximate surface area is 168 Å². The minimum absolute atomic E-state index is 0.0343. The highest BCUT2D eigenvalue weighted by molar-refractivity contribution is 6.31. The second-order valence-electron chi connectivity index (χ2n) is 8.77. The molecule has 1 unspecified atom stereocenters. The van der Waals surface area contributed by atoms with Crippen LogP contribution in [0.2, 0.25) is 5.15 Å². The number of rotatable bonds is 4. The van der Waals surface area contributed by atoms with Crippen molar-refractivity contribution in [2.24, 2.45) is 11.3 Å². The van der Waals surface area contributed by atoms with E-state index >= 15 is 0 Å². The average molecular weight is 403 g/mol. The van der Waals surface area contributed by atoms with E-state index in [9.17, 15) is 14.7 Å². The molecule has 0 amide bonds. The van der Waals surface area contributed by atoms with Crippen molar-refractivity contribution in [1.29, 1.82) is 0 Å². The first-order valence-electron chi connectivity index (χ1n) is 9.47. The van der Waals surface area contributed by atoms with Crippen molar-refractivity contribution >= 4 is 17.6 Å². The lowest BCUT2D eigenvalue weighted by Gasteiger charge is -2.38. The van der Waals surface area contributed by atoms with Gasteiger partial charge in [0.15, 0.2) is 16.3 Å². The molecule has 1 atom stereocenters. The minimum atomic E-state index is -1.23. The van der Waals surface area contributed by atoms with Crippen LogP contribution in [0, 0.1) is 11.3 Å². The van der Waals surface area contributed by atoms with Gasteiger partial charge in [-0.05, 0) is 42.2 Å². The number of fused-ring (bicyclic) bond motifs is 3. The smallest absolute Gasteiger partial charge is 0.341 e. The van der Waals surface area contributed by atoms with Crippen molar-refractivity contribution in [1.82, 2.24) is 9.55 Å². The Morgan fingerprint density at radius 1 is 1.36 bits per heavy atom. The van der Waals surface area contributed by atoms with Gasteiger partial charge in [-0.2, -0.15) is 0 Å². The van der Waals surface area contributed by atoms with Crippen LogP contribution in [0.4, 0.5) is 0 Å². The van der Waals surface area contributed by atoms with E-state index in [2.05, 4.69) is 25.8 Å². The largest absolute Gasteiger partial charge is 0.490 e. The summed E-state index contributed by atoms with van der Waals surface area (Å²) in [6.07, 6.45) is 4.46. The lowest BCUT2D eigenvalue weighted by Crippen LogP contribution is -2.33. The van der Waals surface area contributed by atoms with Gasteiger partial charge in [-0.15, -0.1) is 0 Å². The Morgan fingerprint density at radius 2 is 2.07 bits per heavy atom. The number of pyridine rings is 2. The van der Waals surface area contributed by atoms with Gasteiger partial charge < -0.3 is 14.4 Å². The normalized spacial score (nSPS) is 18.4. The summed E-state index contributed by atoms with van der Waals surface area (Å²) in [6, 6.07) is 3.24. The summed E-state index contributed by atoms with van der Waals surface area (Å²) in [7, 11) is 0. The number of hydrogen-bond acceptors (Lipinski definition) is 4. The number of hydrogen-bond donors (Lipinski definition) is 1. The van der Waals surface area contributed by atoms with Crippen molar-refractivity contribution in [3.63, 3.8) is 0 Å². The van der Waals surface area contributed by atoms with Gasteiger partial charge in [-0.1, -0.05) is 32.4 Å². The summed E-state index contributed by atoms with van der Waals surface area (Å²) in [6.45, 7) is 6.93. The fourth-order valence-corrected chi connectivity index (χ4v) is 3.86. The Bertz CT molecular complexity index is 1020. The monoisotopic (exact) mass is 402 g/mol. The first-order valence-corrected chi connectivity index (χ1v) is 9.85. The molecule has 148 valence electrons. The highest BCUT2D eigenvalue weighted by Crippen LogP contribution is 2.43. The summed E-state index contributed by atoms with van der Waals surface area (Å²) in [5.41, 5.74) is 1.22. The number of carboxylic acids is 1. The molecule has 0 aromatic carbocycles. The van der Waals surface area contributed by atoms with Gasteiger partial charge in [0.25, 0.3) is 0 Å². The zero-order valence-corrected chi connectivity index (χ0v) is 16.9. The molecule has 1 aliphatic carbocycles. The van der Waals surface area contributed by atoms with Gasteiger partial charge in [-0.25, -0.2) is 9.78 Å². The topological polar surface area (TPSA) is 81.4 Å². The van der Waals surface area contributed by atoms with Crippen molar-refractivity contribution in [3.05, 3.63) is 44.8 Å². The standard InChI is InChI=1S/C21H23ClN2O4/c1-21(2,3)17-7-12-6-16(28-10-11-4-5-11)19(22)23-18(12)14-8-15(25)13(20(26)27)9-24(14)17/h6,8-9,11,17H,4-5,7,10H2,1-3H3,(H,26,27). The maximum absolute atomic E-state index is 12.4. The molecule has 6 nitrogen and oxygen atoms in total. The SMILES string of the molecule is CC(C)(C)C1Cc2cc(OCC3CC3)c(Cl)nc2-c2cc(=O)c(C(=O)O)cn21. The predicted molar refractivity (Wildman–Crippen MR) is 106 cm³/mol. The first-order chi connectivity index (χ1) is 13.1. The summed E-state index contributed by atoms with van der Waals surface area (Å²) >= 11 is 6.36. The number of aromatic carboxylic acids is 1. The molecule has 0 bridgehead atoms. The van der Waals surface area contributed by atoms with Crippen molar-refractivity contribution in [2.45, 2.75) is 46.1 Å². The van der Waals surface area contributed by atoms with E-state index in [-0.39, 0.29) is 22.2 Å². The summed E-state index contributed by atoms with van der Waals surface area (Å²) in [5, 5.41) is 9.63. The van der Waals surface area contributed by atoms with Crippen LogP contribution in [-0.2, 0) is 6.42 Å². The number of carbonyl (C=O) groups is 1. The zero-order valence-electron chi connectivity index (χ0n) is 16.2. The van der Waals surface area contributed by atoms with Crippen LogP contribution < -0.4 is 10.2 Å². The molecule has 1 fully saturated rings. The third-order valence-electron chi connectivity index (χ3n) is 5.50. The molecule has 1 saturated carbocycles. The van der Waals surface area contributed by atoms with Crippen molar-refractivity contribution < 1.29 is 14.6 Å². The van der Waals surface area contributed by atoms with Crippen molar-refractivity contribution in [3.8, 4) is 17.1 Å². The van der Waals surface area contributed by atoms with Crippen LogP contribution in [0.3, 0.4) is 0 Å². The van der Waals surface area contributed by atoms with E-state index in [0.717, 1.165) is 5.56 Å². The van der Waals surface area contributed by atoms with E-state index in [1.807, 2.05) is 10.6 Å². The Kier molecular flexibility index (Phi) is 4.49. The minimum Gasteiger partial charge on any atom is -0.490 e.